The lowest BCUT2D eigenvalue weighted by atomic mass is 10.2. The largest absolute Gasteiger partial charge is 0.396 e. The fraction of sp³-hybridized carbons (Fsp3) is 0.538. The number of carbonyl (C=O) groups is 1. The van der Waals surface area contributed by atoms with Crippen molar-refractivity contribution in [1.82, 2.24) is 5.32 Å². The number of nitriles is 1. The fourth-order valence-electron chi connectivity index (χ4n) is 1.71. The van der Waals surface area contributed by atoms with Crippen molar-refractivity contribution < 1.29 is 4.79 Å². The topological polar surface area (TPSA) is 90.9 Å². The molecule has 0 unspecified atom stereocenters. The van der Waals surface area contributed by atoms with Crippen molar-refractivity contribution in [2.75, 3.05) is 17.6 Å². The Bertz CT molecular complexity index is 513. The van der Waals surface area contributed by atoms with E-state index in [0.717, 1.165) is 32.2 Å². The predicted molar refractivity (Wildman–Crippen MR) is 77.3 cm³/mol. The number of thiophene rings is 1. The van der Waals surface area contributed by atoms with E-state index in [4.69, 9.17) is 11.0 Å². The molecule has 1 amide bonds. The first kappa shape index (κ1) is 13.7. The standard InChI is InChI=1S/C13H18N4OS/c1-2-3-6-16-13-9(7-14)10(15)11(19-13)12(18)17-8-4-5-8/h8,16H,2-6,15H2,1H3,(H,17,18). The Balaban J connectivity index is 2.14. The first-order valence-electron chi connectivity index (χ1n) is 6.54. The summed E-state index contributed by atoms with van der Waals surface area (Å²) < 4.78 is 0. The van der Waals surface area contributed by atoms with Crippen molar-refractivity contribution in [3.63, 3.8) is 0 Å². The van der Waals surface area contributed by atoms with Gasteiger partial charge in [-0.2, -0.15) is 5.26 Å². The number of nitrogens with two attached hydrogens (primary N) is 1. The van der Waals surface area contributed by atoms with Gasteiger partial charge in [0.15, 0.2) is 0 Å². The summed E-state index contributed by atoms with van der Waals surface area (Å²) >= 11 is 1.27. The molecule has 1 saturated carbocycles. The highest BCUT2D eigenvalue weighted by molar-refractivity contribution is 7.18. The molecular formula is C13H18N4OS. The molecule has 0 aromatic carbocycles. The molecule has 1 aromatic heterocycles. The summed E-state index contributed by atoms with van der Waals surface area (Å²) in [6.45, 7) is 2.89. The van der Waals surface area contributed by atoms with E-state index < -0.39 is 0 Å². The lowest BCUT2D eigenvalue weighted by Crippen LogP contribution is -2.25. The smallest absolute Gasteiger partial charge is 0.263 e. The molecular weight excluding hydrogens is 260 g/mol. The molecule has 102 valence electrons. The summed E-state index contributed by atoms with van der Waals surface area (Å²) in [6, 6.07) is 2.37. The van der Waals surface area contributed by atoms with Gasteiger partial charge in [0.1, 0.15) is 21.5 Å². The van der Waals surface area contributed by atoms with Gasteiger partial charge in [-0.1, -0.05) is 13.3 Å². The number of anilines is 2. The van der Waals surface area contributed by atoms with Crippen LogP contribution in [0.3, 0.4) is 0 Å². The van der Waals surface area contributed by atoms with Crippen LogP contribution in [0, 0.1) is 11.3 Å². The van der Waals surface area contributed by atoms with Crippen LogP contribution in [0.1, 0.15) is 47.8 Å². The molecule has 0 saturated heterocycles. The Hall–Kier alpha value is -1.74. The number of carbonyl (C=O) groups excluding carboxylic acids is 1. The molecule has 1 fully saturated rings. The second-order valence-electron chi connectivity index (χ2n) is 4.69. The summed E-state index contributed by atoms with van der Waals surface area (Å²) in [6.07, 6.45) is 4.16. The number of nitrogen functional groups attached to an aromatic ring is 1. The number of rotatable bonds is 6. The number of nitrogens with zero attached hydrogens (tertiary/aromatic N) is 1. The number of hydrogen-bond acceptors (Lipinski definition) is 5. The Morgan fingerprint density at radius 1 is 1.58 bits per heavy atom. The molecule has 2 rings (SSSR count). The van der Waals surface area contributed by atoms with E-state index in [9.17, 15) is 4.79 Å². The SMILES string of the molecule is CCCCNc1sc(C(=O)NC2CC2)c(N)c1C#N. The third-order valence-corrected chi connectivity index (χ3v) is 4.15. The van der Waals surface area contributed by atoms with Crippen molar-refractivity contribution in [3.8, 4) is 6.07 Å². The molecule has 19 heavy (non-hydrogen) atoms. The van der Waals surface area contributed by atoms with Crippen LogP contribution in [0.15, 0.2) is 0 Å². The molecule has 0 atom stereocenters. The van der Waals surface area contributed by atoms with E-state index >= 15 is 0 Å². The minimum absolute atomic E-state index is 0.162. The summed E-state index contributed by atoms with van der Waals surface area (Å²) in [7, 11) is 0. The lowest BCUT2D eigenvalue weighted by Gasteiger charge is -2.01. The monoisotopic (exact) mass is 278 g/mol. The minimum atomic E-state index is -0.162. The zero-order valence-corrected chi connectivity index (χ0v) is 11.8. The Labute approximate surface area is 116 Å². The van der Waals surface area contributed by atoms with Crippen molar-refractivity contribution in [1.29, 1.82) is 5.26 Å². The molecule has 0 radical (unpaired) electrons. The highest BCUT2D eigenvalue weighted by Gasteiger charge is 2.27. The van der Waals surface area contributed by atoms with Crippen LogP contribution < -0.4 is 16.4 Å². The normalized spacial score (nSPS) is 13.9. The molecule has 5 nitrogen and oxygen atoms in total. The van der Waals surface area contributed by atoms with Gasteiger partial charge in [-0.3, -0.25) is 4.79 Å². The van der Waals surface area contributed by atoms with Crippen LogP contribution in [0.25, 0.3) is 0 Å². The number of amides is 1. The average Bonchev–Trinajstić information content (AvgIpc) is 3.13. The average molecular weight is 278 g/mol. The number of nitrogens with one attached hydrogen (secondary N) is 2. The molecule has 0 bridgehead atoms. The quantitative estimate of drug-likeness (QED) is 0.696. The molecule has 1 aliphatic carbocycles. The third-order valence-electron chi connectivity index (χ3n) is 2.99. The van der Waals surface area contributed by atoms with Gasteiger partial charge in [0.05, 0.1) is 5.69 Å². The van der Waals surface area contributed by atoms with Gasteiger partial charge in [0, 0.05) is 12.6 Å². The van der Waals surface area contributed by atoms with Gasteiger partial charge in [-0.15, -0.1) is 11.3 Å². The predicted octanol–water partition coefficient (Wildman–Crippen LogP) is 2.31. The highest BCUT2D eigenvalue weighted by atomic mass is 32.1. The highest BCUT2D eigenvalue weighted by Crippen LogP contribution is 2.35. The van der Waals surface area contributed by atoms with Crippen molar-refractivity contribution in [3.05, 3.63) is 10.4 Å². The van der Waals surface area contributed by atoms with Gasteiger partial charge in [-0.05, 0) is 19.3 Å². The molecule has 1 aliphatic rings. The first-order chi connectivity index (χ1) is 9.17. The van der Waals surface area contributed by atoms with Gasteiger partial charge in [0.25, 0.3) is 5.91 Å². The second-order valence-corrected chi connectivity index (χ2v) is 5.71. The van der Waals surface area contributed by atoms with E-state index in [1.54, 1.807) is 0 Å². The molecule has 4 N–H and O–H groups in total. The number of unbranched alkanes of at least 4 members (excludes halogenated alkanes) is 1. The van der Waals surface area contributed by atoms with Crippen LogP contribution in [0.4, 0.5) is 10.7 Å². The molecule has 6 heteroatoms. The maximum atomic E-state index is 12.0. The van der Waals surface area contributed by atoms with Gasteiger partial charge >= 0.3 is 0 Å². The summed E-state index contributed by atoms with van der Waals surface area (Å²) in [4.78, 5) is 12.5. The van der Waals surface area contributed by atoms with E-state index in [2.05, 4.69) is 23.6 Å². The molecule has 1 aromatic rings. The second kappa shape index (κ2) is 5.93. The van der Waals surface area contributed by atoms with Crippen molar-refractivity contribution >= 4 is 27.9 Å². The van der Waals surface area contributed by atoms with E-state index in [1.807, 2.05) is 0 Å². The minimum Gasteiger partial charge on any atom is -0.396 e. The number of hydrogen-bond donors (Lipinski definition) is 3. The van der Waals surface area contributed by atoms with E-state index in [1.165, 1.54) is 11.3 Å². The molecule has 0 aliphatic heterocycles. The van der Waals surface area contributed by atoms with Crippen LogP contribution in [0.2, 0.25) is 0 Å². The Kier molecular flexibility index (Phi) is 4.27. The Morgan fingerprint density at radius 2 is 2.32 bits per heavy atom. The lowest BCUT2D eigenvalue weighted by molar-refractivity contribution is 0.0956. The first-order valence-corrected chi connectivity index (χ1v) is 7.36. The molecule has 1 heterocycles. The van der Waals surface area contributed by atoms with Crippen molar-refractivity contribution in [2.45, 2.75) is 38.6 Å². The summed E-state index contributed by atoms with van der Waals surface area (Å²) in [5, 5.41) is 15.9. The fourth-order valence-corrected chi connectivity index (χ4v) is 2.71. The van der Waals surface area contributed by atoms with Gasteiger partial charge in [-0.25, -0.2) is 0 Å². The van der Waals surface area contributed by atoms with Gasteiger partial charge in [0.2, 0.25) is 0 Å². The van der Waals surface area contributed by atoms with Crippen LogP contribution in [-0.2, 0) is 0 Å². The van der Waals surface area contributed by atoms with E-state index in [-0.39, 0.29) is 11.9 Å². The maximum absolute atomic E-state index is 12.0. The molecule has 0 spiro atoms. The maximum Gasteiger partial charge on any atom is 0.263 e. The summed E-state index contributed by atoms with van der Waals surface area (Å²) in [5.41, 5.74) is 6.59. The zero-order valence-electron chi connectivity index (χ0n) is 11.0. The van der Waals surface area contributed by atoms with Crippen LogP contribution in [-0.4, -0.2) is 18.5 Å². The zero-order chi connectivity index (χ0) is 13.8. The van der Waals surface area contributed by atoms with Crippen LogP contribution >= 0.6 is 11.3 Å². The van der Waals surface area contributed by atoms with E-state index in [0.29, 0.717) is 21.1 Å². The Morgan fingerprint density at radius 3 is 2.89 bits per heavy atom. The van der Waals surface area contributed by atoms with Gasteiger partial charge < -0.3 is 16.4 Å². The van der Waals surface area contributed by atoms with Crippen LogP contribution in [0.5, 0.6) is 0 Å². The van der Waals surface area contributed by atoms with Crippen molar-refractivity contribution in [2.24, 2.45) is 0 Å². The summed E-state index contributed by atoms with van der Waals surface area (Å²) in [5.74, 6) is -0.162. The third kappa shape index (κ3) is 3.18.